The van der Waals surface area contributed by atoms with Crippen molar-refractivity contribution in [2.75, 3.05) is 5.75 Å². The molecule has 0 aromatic heterocycles. The molecule has 14 heavy (non-hydrogen) atoms. The normalized spacial score (nSPS) is 11.6. The Morgan fingerprint density at radius 2 is 1.71 bits per heavy atom. The molecule has 0 saturated carbocycles. The summed E-state index contributed by atoms with van der Waals surface area (Å²) in [4.78, 5) is 0. The van der Waals surface area contributed by atoms with Gasteiger partial charge in [0.05, 0.1) is 5.75 Å². The zero-order valence-electron chi connectivity index (χ0n) is 7.41. The summed E-state index contributed by atoms with van der Waals surface area (Å²) in [7, 11) is 1.72. The van der Waals surface area contributed by atoms with Crippen LogP contribution >= 0.6 is 22.3 Å². The molecule has 0 fully saturated rings. The van der Waals surface area contributed by atoms with Crippen LogP contribution in [0.3, 0.4) is 0 Å². The van der Waals surface area contributed by atoms with E-state index in [9.17, 15) is 8.42 Å². The van der Waals surface area contributed by atoms with Gasteiger partial charge in [0, 0.05) is 15.7 Å². The van der Waals surface area contributed by atoms with Crippen LogP contribution in [0.4, 0.5) is 0 Å². The largest absolute Gasteiger partial charge is 0.232 e. The number of hydrogen-bond acceptors (Lipinski definition) is 2. The van der Waals surface area contributed by atoms with Gasteiger partial charge in [0.2, 0.25) is 9.05 Å². The number of aryl methyl sites for hydroxylation is 1. The highest BCUT2D eigenvalue weighted by Crippen LogP contribution is 2.11. The monoisotopic (exact) mass is 252 g/mol. The molecule has 0 N–H and O–H groups in total. The van der Waals surface area contributed by atoms with Gasteiger partial charge in [-0.2, -0.15) is 0 Å². The summed E-state index contributed by atoms with van der Waals surface area (Å²) in [6.45, 7) is 0. The molecule has 0 aliphatic rings. The first-order valence-electron chi connectivity index (χ1n) is 4.14. The summed E-state index contributed by atoms with van der Waals surface area (Å²) in [5, 5.41) is 0.679. The van der Waals surface area contributed by atoms with Gasteiger partial charge in [0.25, 0.3) is 0 Å². The third kappa shape index (κ3) is 4.84. The Balaban J connectivity index is 2.43. The van der Waals surface area contributed by atoms with Crippen LogP contribution in [0.25, 0.3) is 0 Å². The van der Waals surface area contributed by atoms with Gasteiger partial charge in [-0.1, -0.05) is 23.7 Å². The Hall–Kier alpha value is -0.250. The Kier molecular flexibility index (Phi) is 4.23. The lowest BCUT2D eigenvalue weighted by molar-refractivity contribution is 0.607. The molecular formula is C9H10Cl2O2S. The molecule has 0 saturated heterocycles. The van der Waals surface area contributed by atoms with E-state index in [1.807, 2.05) is 12.1 Å². The van der Waals surface area contributed by atoms with Crippen molar-refractivity contribution in [1.29, 1.82) is 0 Å². The van der Waals surface area contributed by atoms with Crippen molar-refractivity contribution in [3.8, 4) is 0 Å². The molecule has 0 heterocycles. The fourth-order valence-corrected chi connectivity index (χ4v) is 2.04. The summed E-state index contributed by atoms with van der Waals surface area (Å²) >= 11 is 5.70. The Morgan fingerprint density at radius 3 is 2.21 bits per heavy atom. The Bertz CT molecular complexity index is 384. The Labute approximate surface area is 93.3 Å². The second kappa shape index (κ2) is 5.01. The SMILES string of the molecule is O=S(=O)(Cl)CCCc1ccc(Cl)cc1. The van der Waals surface area contributed by atoms with Crippen LogP contribution in [-0.2, 0) is 15.5 Å². The van der Waals surface area contributed by atoms with E-state index < -0.39 is 9.05 Å². The van der Waals surface area contributed by atoms with E-state index in [0.29, 0.717) is 17.9 Å². The summed E-state index contributed by atoms with van der Waals surface area (Å²) in [5.41, 5.74) is 1.06. The number of benzene rings is 1. The third-order valence-corrected chi connectivity index (χ3v) is 3.26. The molecule has 0 amide bonds. The van der Waals surface area contributed by atoms with Crippen molar-refractivity contribution >= 4 is 31.3 Å². The summed E-state index contributed by atoms with van der Waals surface area (Å²) in [6.07, 6.45) is 1.23. The van der Waals surface area contributed by atoms with Gasteiger partial charge in [0.15, 0.2) is 0 Å². The summed E-state index contributed by atoms with van der Waals surface area (Å²) in [6, 6.07) is 7.32. The minimum absolute atomic E-state index is 0.0111. The molecule has 0 aliphatic carbocycles. The Morgan fingerprint density at radius 1 is 1.14 bits per heavy atom. The lowest BCUT2D eigenvalue weighted by Crippen LogP contribution is -1.98. The van der Waals surface area contributed by atoms with Crippen molar-refractivity contribution in [2.45, 2.75) is 12.8 Å². The van der Waals surface area contributed by atoms with Crippen LogP contribution in [0.15, 0.2) is 24.3 Å². The molecule has 1 rings (SSSR count). The quantitative estimate of drug-likeness (QED) is 0.773. The first kappa shape index (κ1) is 11.8. The highest BCUT2D eigenvalue weighted by atomic mass is 35.7. The highest BCUT2D eigenvalue weighted by Gasteiger charge is 2.04. The second-order valence-corrected chi connectivity index (χ2v) is 6.31. The predicted octanol–water partition coefficient (Wildman–Crippen LogP) is 2.84. The summed E-state index contributed by atoms with van der Waals surface area (Å²) < 4.78 is 21.2. The van der Waals surface area contributed by atoms with Gasteiger partial charge in [-0.3, -0.25) is 0 Å². The fraction of sp³-hybridized carbons (Fsp3) is 0.333. The van der Waals surface area contributed by atoms with Gasteiger partial charge in [-0.05, 0) is 30.5 Å². The molecule has 5 heteroatoms. The molecule has 2 nitrogen and oxygen atoms in total. The highest BCUT2D eigenvalue weighted by molar-refractivity contribution is 8.13. The molecule has 1 aromatic rings. The van der Waals surface area contributed by atoms with Gasteiger partial charge < -0.3 is 0 Å². The van der Waals surface area contributed by atoms with Crippen molar-refractivity contribution < 1.29 is 8.42 Å². The average Bonchev–Trinajstić information content (AvgIpc) is 2.06. The van der Waals surface area contributed by atoms with Crippen molar-refractivity contribution in [2.24, 2.45) is 0 Å². The molecule has 0 bridgehead atoms. The maximum atomic E-state index is 10.6. The molecule has 0 aliphatic heterocycles. The van der Waals surface area contributed by atoms with Crippen LogP contribution in [-0.4, -0.2) is 14.2 Å². The van der Waals surface area contributed by atoms with E-state index in [1.165, 1.54) is 0 Å². The maximum Gasteiger partial charge on any atom is 0.232 e. The van der Waals surface area contributed by atoms with Gasteiger partial charge >= 0.3 is 0 Å². The van der Waals surface area contributed by atoms with Gasteiger partial charge in [-0.15, -0.1) is 0 Å². The van der Waals surface area contributed by atoms with Gasteiger partial charge in [0.1, 0.15) is 0 Å². The molecule has 0 spiro atoms. The van der Waals surface area contributed by atoms with E-state index in [-0.39, 0.29) is 5.75 Å². The number of rotatable bonds is 4. The van der Waals surface area contributed by atoms with E-state index >= 15 is 0 Å². The zero-order chi connectivity index (χ0) is 10.6. The van der Waals surface area contributed by atoms with Crippen molar-refractivity contribution in [3.63, 3.8) is 0 Å². The van der Waals surface area contributed by atoms with Crippen molar-refractivity contribution in [1.82, 2.24) is 0 Å². The standard InChI is InChI=1S/C9H10Cl2O2S/c10-9-5-3-8(4-6-9)2-1-7-14(11,12)13/h3-6H,1-2,7H2. The molecule has 0 atom stereocenters. The zero-order valence-corrected chi connectivity index (χ0v) is 9.74. The predicted molar refractivity (Wildman–Crippen MR) is 59.4 cm³/mol. The molecule has 0 radical (unpaired) electrons. The first-order valence-corrected chi connectivity index (χ1v) is 7.00. The fourth-order valence-electron chi connectivity index (χ4n) is 1.10. The summed E-state index contributed by atoms with van der Waals surface area (Å²) in [5.74, 6) is 0.0111. The lowest BCUT2D eigenvalue weighted by Gasteiger charge is -1.99. The third-order valence-electron chi connectivity index (χ3n) is 1.77. The van der Waals surface area contributed by atoms with E-state index in [2.05, 4.69) is 0 Å². The smallest absolute Gasteiger partial charge is 0.212 e. The van der Waals surface area contributed by atoms with E-state index in [0.717, 1.165) is 5.56 Å². The minimum Gasteiger partial charge on any atom is -0.212 e. The molecule has 0 unspecified atom stereocenters. The first-order chi connectivity index (χ1) is 6.47. The topological polar surface area (TPSA) is 34.1 Å². The van der Waals surface area contributed by atoms with Gasteiger partial charge in [-0.25, -0.2) is 8.42 Å². The lowest BCUT2D eigenvalue weighted by atomic mass is 10.1. The average molecular weight is 253 g/mol. The van der Waals surface area contributed by atoms with Crippen LogP contribution in [0.1, 0.15) is 12.0 Å². The molecule has 78 valence electrons. The number of hydrogen-bond donors (Lipinski definition) is 0. The second-order valence-electron chi connectivity index (χ2n) is 2.97. The van der Waals surface area contributed by atoms with Crippen LogP contribution in [0.2, 0.25) is 5.02 Å². The minimum atomic E-state index is -3.36. The maximum absolute atomic E-state index is 10.6. The molecule has 1 aromatic carbocycles. The van der Waals surface area contributed by atoms with E-state index in [1.54, 1.807) is 12.1 Å². The van der Waals surface area contributed by atoms with E-state index in [4.69, 9.17) is 22.3 Å². The van der Waals surface area contributed by atoms with Crippen LogP contribution in [0, 0.1) is 0 Å². The van der Waals surface area contributed by atoms with Crippen LogP contribution in [0.5, 0.6) is 0 Å². The molecular weight excluding hydrogens is 243 g/mol. The van der Waals surface area contributed by atoms with Crippen LogP contribution < -0.4 is 0 Å². The van der Waals surface area contributed by atoms with Crippen molar-refractivity contribution in [3.05, 3.63) is 34.9 Å². The number of halogens is 2.